The number of Topliss-reactive ketones (excluding diaryl/α,β-unsaturated/α-hetero) is 1. The lowest BCUT2D eigenvalue weighted by molar-refractivity contribution is -0.140. The van der Waals surface area contributed by atoms with E-state index in [-0.39, 0.29) is 11.3 Å². The maximum Gasteiger partial charge on any atom is 0.295 e. The largest absolute Gasteiger partial charge is 0.507 e. The smallest absolute Gasteiger partial charge is 0.295 e. The van der Waals surface area contributed by atoms with Crippen LogP contribution in [-0.4, -0.2) is 67.0 Å². The summed E-state index contributed by atoms with van der Waals surface area (Å²) >= 11 is 0. The van der Waals surface area contributed by atoms with Crippen molar-refractivity contribution in [2.75, 3.05) is 40.4 Å². The van der Waals surface area contributed by atoms with Crippen molar-refractivity contribution >= 4 is 17.4 Å². The zero-order chi connectivity index (χ0) is 26.2. The highest BCUT2D eigenvalue weighted by atomic mass is 16.5. The quantitative estimate of drug-likeness (QED) is 0.195. The number of aryl methyl sites for hydroxylation is 1. The highest BCUT2D eigenvalue weighted by Crippen LogP contribution is 2.40. The van der Waals surface area contributed by atoms with Crippen LogP contribution in [0.3, 0.4) is 0 Å². The molecule has 36 heavy (non-hydrogen) atoms. The van der Waals surface area contributed by atoms with Crippen molar-refractivity contribution in [2.45, 2.75) is 46.1 Å². The minimum absolute atomic E-state index is 0.0973. The van der Waals surface area contributed by atoms with Gasteiger partial charge in [0, 0.05) is 18.7 Å². The Kier molecular flexibility index (Phi) is 9.53. The summed E-state index contributed by atoms with van der Waals surface area (Å²) in [7, 11) is 3.83. The van der Waals surface area contributed by atoms with Gasteiger partial charge in [-0.2, -0.15) is 0 Å². The first-order chi connectivity index (χ1) is 17.3. The van der Waals surface area contributed by atoms with E-state index in [1.165, 1.54) is 0 Å². The van der Waals surface area contributed by atoms with Gasteiger partial charge < -0.3 is 24.4 Å². The molecule has 1 aliphatic heterocycles. The summed E-state index contributed by atoms with van der Waals surface area (Å²) in [6, 6.07) is 12.0. The number of unbranched alkanes of at least 4 members (excludes halogenated alkanes) is 1. The third kappa shape index (κ3) is 6.26. The van der Waals surface area contributed by atoms with Gasteiger partial charge in [-0.15, -0.1) is 0 Å². The number of likely N-dealkylation sites (tertiary alicyclic amines) is 1. The normalized spacial score (nSPS) is 17.2. The Hall–Kier alpha value is -3.32. The van der Waals surface area contributed by atoms with Gasteiger partial charge >= 0.3 is 0 Å². The number of carbonyl (C=O) groups is 2. The Balaban J connectivity index is 2.02. The van der Waals surface area contributed by atoms with Gasteiger partial charge in [-0.3, -0.25) is 9.59 Å². The number of aliphatic hydroxyl groups excluding tert-OH is 1. The third-order valence-corrected chi connectivity index (χ3v) is 6.20. The standard InChI is InChI=1S/C29H38N2O5/c1-6-8-18-35-23-12-9-21(10-13-23)26-25(28(33)29(34)31(26)16-15-30(4)5)27(32)22-11-14-24(20(3)19-22)36-17-7-2/h9-14,19,26,32H,6-8,15-18H2,1-5H3/b27-25+. The number of likely N-dealkylation sites (N-methyl/N-ethyl adjacent to an activating group) is 1. The van der Waals surface area contributed by atoms with E-state index in [0.29, 0.717) is 31.9 Å². The van der Waals surface area contributed by atoms with Crippen LogP contribution in [0.2, 0.25) is 0 Å². The number of rotatable bonds is 12. The van der Waals surface area contributed by atoms with Crippen molar-refractivity contribution < 1.29 is 24.2 Å². The topological polar surface area (TPSA) is 79.3 Å². The minimum atomic E-state index is -0.689. The van der Waals surface area contributed by atoms with Crippen LogP contribution in [0.15, 0.2) is 48.0 Å². The first-order valence-corrected chi connectivity index (χ1v) is 12.7. The monoisotopic (exact) mass is 494 g/mol. The van der Waals surface area contributed by atoms with Crippen molar-refractivity contribution in [1.29, 1.82) is 0 Å². The van der Waals surface area contributed by atoms with Crippen molar-refractivity contribution in [3.63, 3.8) is 0 Å². The molecule has 0 radical (unpaired) electrons. The molecule has 3 rings (SSSR count). The fraction of sp³-hybridized carbons (Fsp3) is 0.448. The molecule has 2 aromatic rings. The molecule has 0 spiro atoms. The van der Waals surface area contributed by atoms with Gasteiger partial charge in [-0.1, -0.05) is 32.4 Å². The van der Waals surface area contributed by atoms with Gasteiger partial charge in [-0.05, 0) is 75.3 Å². The van der Waals surface area contributed by atoms with Crippen LogP contribution in [0, 0.1) is 6.92 Å². The number of nitrogens with zero attached hydrogens (tertiary/aromatic N) is 2. The first kappa shape index (κ1) is 27.3. The van der Waals surface area contributed by atoms with E-state index in [4.69, 9.17) is 9.47 Å². The summed E-state index contributed by atoms with van der Waals surface area (Å²) in [6.45, 7) is 8.22. The van der Waals surface area contributed by atoms with Gasteiger partial charge in [0.25, 0.3) is 11.7 Å². The number of aliphatic hydroxyl groups is 1. The Bertz CT molecular complexity index is 1090. The number of hydrogen-bond donors (Lipinski definition) is 1. The maximum atomic E-state index is 13.2. The maximum absolute atomic E-state index is 13.2. The zero-order valence-electron chi connectivity index (χ0n) is 22.0. The third-order valence-electron chi connectivity index (χ3n) is 6.20. The SMILES string of the molecule is CCCCOc1ccc(C2/C(=C(\O)c3ccc(OCCC)c(C)c3)C(=O)C(=O)N2CCN(C)C)cc1. The minimum Gasteiger partial charge on any atom is -0.507 e. The number of ketones is 1. The van der Waals surface area contributed by atoms with E-state index in [2.05, 4.69) is 6.92 Å². The lowest BCUT2D eigenvalue weighted by atomic mass is 9.94. The molecule has 0 aliphatic carbocycles. The lowest BCUT2D eigenvalue weighted by Crippen LogP contribution is -2.35. The molecule has 1 N–H and O–H groups in total. The van der Waals surface area contributed by atoms with Gasteiger partial charge in [0.05, 0.1) is 24.8 Å². The van der Waals surface area contributed by atoms with Crippen molar-refractivity contribution in [3.05, 3.63) is 64.7 Å². The zero-order valence-corrected chi connectivity index (χ0v) is 22.0. The molecule has 0 aromatic heterocycles. The summed E-state index contributed by atoms with van der Waals surface area (Å²) < 4.78 is 11.5. The average molecular weight is 495 g/mol. The molecule has 0 bridgehead atoms. The molecular formula is C29H38N2O5. The van der Waals surface area contributed by atoms with Gasteiger partial charge in [0.15, 0.2) is 0 Å². The van der Waals surface area contributed by atoms with Crippen LogP contribution in [0.1, 0.15) is 55.8 Å². The van der Waals surface area contributed by atoms with E-state index in [9.17, 15) is 14.7 Å². The number of ether oxygens (including phenoxy) is 2. The molecule has 1 aliphatic rings. The van der Waals surface area contributed by atoms with E-state index >= 15 is 0 Å². The predicted octanol–water partition coefficient (Wildman–Crippen LogP) is 4.95. The van der Waals surface area contributed by atoms with Crippen LogP contribution in [0.4, 0.5) is 0 Å². The van der Waals surface area contributed by atoms with E-state index in [1.54, 1.807) is 23.1 Å². The molecule has 1 fully saturated rings. The van der Waals surface area contributed by atoms with Crippen molar-refractivity contribution in [2.24, 2.45) is 0 Å². The summed E-state index contributed by atoms with van der Waals surface area (Å²) in [5.74, 6) is -0.000293. The number of benzene rings is 2. The number of hydrogen-bond acceptors (Lipinski definition) is 6. The molecular weight excluding hydrogens is 456 g/mol. The summed E-state index contributed by atoms with van der Waals surface area (Å²) in [4.78, 5) is 29.8. The molecule has 1 heterocycles. The molecule has 1 unspecified atom stereocenters. The highest BCUT2D eigenvalue weighted by molar-refractivity contribution is 6.46. The fourth-order valence-corrected chi connectivity index (χ4v) is 4.17. The van der Waals surface area contributed by atoms with Crippen LogP contribution in [0.5, 0.6) is 11.5 Å². The van der Waals surface area contributed by atoms with Crippen LogP contribution in [0.25, 0.3) is 5.76 Å². The number of carbonyl (C=O) groups excluding carboxylic acids is 2. The fourth-order valence-electron chi connectivity index (χ4n) is 4.17. The molecule has 1 saturated heterocycles. The van der Waals surface area contributed by atoms with Crippen molar-refractivity contribution in [3.8, 4) is 11.5 Å². The molecule has 7 nitrogen and oxygen atoms in total. The highest BCUT2D eigenvalue weighted by Gasteiger charge is 2.45. The van der Waals surface area contributed by atoms with Crippen molar-refractivity contribution in [1.82, 2.24) is 9.80 Å². The second kappa shape index (κ2) is 12.6. The van der Waals surface area contributed by atoms with Crippen LogP contribution < -0.4 is 9.47 Å². The molecule has 7 heteroatoms. The Morgan fingerprint density at radius 1 is 1.00 bits per heavy atom. The summed E-state index contributed by atoms with van der Waals surface area (Å²) in [5.41, 5.74) is 2.17. The molecule has 1 atom stereocenters. The predicted molar refractivity (Wildman–Crippen MR) is 141 cm³/mol. The first-order valence-electron chi connectivity index (χ1n) is 12.7. The van der Waals surface area contributed by atoms with E-state index in [0.717, 1.165) is 41.9 Å². The second-order valence-electron chi connectivity index (χ2n) is 9.40. The second-order valence-corrected chi connectivity index (χ2v) is 9.40. The van der Waals surface area contributed by atoms with Gasteiger partial charge in [0.1, 0.15) is 17.3 Å². The van der Waals surface area contributed by atoms with Gasteiger partial charge in [-0.25, -0.2) is 0 Å². The Morgan fingerprint density at radius 2 is 1.72 bits per heavy atom. The summed E-state index contributed by atoms with van der Waals surface area (Å²) in [5, 5.41) is 11.3. The Labute approximate surface area is 214 Å². The molecule has 1 amide bonds. The van der Waals surface area contributed by atoms with Crippen LogP contribution >= 0.6 is 0 Å². The molecule has 0 saturated carbocycles. The lowest BCUT2D eigenvalue weighted by Gasteiger charge is -2.26. The average Bonchev–Trinajstić information content (AvgIpc) is 3.11. The van der Waals surface area contributed by atoms with E-state index < -0.39 is 17.7 Å². The van der Waals surface area contributed by atoms with Crippen LogP contribution in [-0.2, 0) is 9.59 Å². The van der Waals surface area contributed by atoms with Gasteiger partial charge in [0.2, 0.25) is 0 Å². The Morgan fingerprint density at radius 3 is 2.33 bits per heavy atom. The van der Waals surface area contributed by atoms with E-state index in [1.807, 2.05) is 57.1 Å². The summed E-state index contributed by atoms with van der Waals surface area (Å²) in [6.07, 6.45) is 2.90. The number of amides is 1. The molecule has 194 valence electrons. The molecule has 2 aromatic carbocycles.